The largest absolute Gasteiger partial charge is 0.396 e. The van der Waals surface area contributed by atoms with Crippen LogP contribution in [0.1, 0.15) is 18.9 Å². The minimum Gasteiger partial charge on any atom is -0.396 e. The van der Waals surface area contributed by atoms with E-state index in [-0.39, 0.29) is 29.8 Å². The quantitative estimate of drug-likeness (QED) is 0.562. The number of nitrogen functional groups attached to an aromatic ring is 1. The fraction of sp³-hybridized carbons (Fsp3) is 0.615. The number of imidazole rings is 1. The third-order valence-corrected chi connectivity index (χ3v) is 5.12. The molecule has 2 fully saturated rings. The van der Waals surface area contributed by atoms with Gasteiger partial charge in [0, 0.05) is 17.9 Å². The van der Waals surface area contributed by atoms with Crippen molar-refractivity contribution in [3.05, 3.63) is 12.7 Å². The van der Waals surface area contributed by atoms with Crippen molar-refractivity contribution >= 4 is 17.0 Å². The van der Waals surface area contributed by atoms with E-state index >= 15 is 0 Å². The molecule has 4 atom stereocenters. The summed E-state index contributed by atoms with van der Waals surface area (Å²) in [5, 5.41) is 30.2. The van der Waals surface area contributed by atoms with Gasteiger partial charge in [-0.1, -0.05) is 0 Å². The standard InChI is InChI=1S/C13H17N5O3/c14-11-7-12(16-4-15-11)18(5-17-7)10-9(21)8(20)6(3-19)13(10)1-2-13/h4-6,8-10,19-21H,1-3H2,(H2,14,15,16)/t6-,8-,9-,10+/m1/s1. The summed E-state index contributed by atoms with van der Waals surface area (Å²) in [5.74, 6) is -0.0375. The Hall–Kier alpha value is -1.77. The van der Waals surface area contributed by atoms with Crippen molar-refractivity contribution in [2.75, 3.05) is 12.3 Å². The van der Waals surface area contributed by atoms with Gasteiger partial charge in [-0.25, -0.2) is 15.0 Å². The molecule has 0 aliphatic heterocycles. The van der Waals surface area contributed by atoms with Gasteiger partial charge < -0.3 is 25.6 Å². The van der Waals surface area contributed by atoms with Crippen molar-refractivity contribution in [1.29, 1.82) is 0 Å². The van der Waals surface area contributed by atoms with Crippen molar-refractivity contribution in [3.63, 3.8) is 0 Å². The highest BCUT2D eigenvalue weighted by atomic mass is 16.3. The minimum atomic E-state index is -0.960. The molecule has 0 bridgehead atoms. The van der Waals surface area contributed by atoms with Crippen LogP contribution in [0.3, 0.4) is 0 Å². The summed E-state index contributed by atoms with van der Waals surface area (Å²) in [5.41, 5.74) is 6.53. The second kappa shape index (κ2) is 4.12. The van der Waals surface area contributed by atoms with E-state index in [1.807, 2.05) is 0 Å². The van der Waals surface area contributed by atoms with Crippen LogP contribution in [-0.4, -0.2) is 53.7 Å². The number of aliphatic hydroxyl groups excluding tert-OH is 3. The molecule has 1 spiro atoms. The number of aromatic nitrogens is 4. The Balaban J connectivity index is 1.87. The number of hydrogen-bond acceptors (Lipinski definition) is 7. The Labute approximate surface area is 120 Å². The van der Waals surface area contributed by atoms with E-state index in [4.69, 9.17) is 5.73 Å². The monoisotopic (exact) mass is 291 g/mol. The van der Waals surface area contributed by atoms with Gasteiger partial charge in [-0.05, 0) is 12.8 Å². The molecule has 8 heteroatoms. The van der Waals surface area contributed by atoms with Gasteiger partial charge in [0.2, 0.25) is 0 Å². The summed E-state index contributed by atoms with van der Waals surface area (Å²) >= 11 is 0. The summed E-state index contributed by atoms with van der Waals surface area (Å²) in [6.07, 6.45) is 2.75. The third-order valence-electron chi connectivity index (χ3n) is 5.12. The van der Waals surface area contributed by atoms with Gasteiger partial charge in [0.25, 0.3) is 0 Å². The van der Waals surface area contributed by atoms with Gasteiger partial charge in [0.05, 0.1) is 18.5 Å². The smallest absolute Gasteiger partial charge is 0.165 e. The molecular weight excluding hydrogens is 274 g/mol. The van der Waals surface area contributed by atoms with Crippen LogP contribution < -0.4 is 5.73 Å². The van der Waals surface area contributed by atoms with Crippen LogP contribution in [0.4, 0.5) is 5.82 Å². The maximum absolute atomic E-state index is 10.5. The average molecular weight is 291 g/mol. The number of anilines is 1. The Kier molecular flexibility index (Phi) is 2.54. The molecule has 8 nitrogen and oxygen atoms in total. The van der Waals surface area contributed by atoms with Crippen LogP contribution in [0, 0.1) is 11.3 Å². The van der Waals surface area contributed by atoms with E-state index in [0.29, 0.717) is 11.2 Å². The molecule has 2 aliphatic carbocycles. The first kappa shape index (κ1) is 12.9. The molecule has 112 valence electrons. The van der Waals surface area contributed by atoms with Crippen molar-refractivity contribution in [2.45, 2.75) is 31.1 Å². The van der Waals surface area contributed by atoms with E-state index < -0.39 is 12.2 Å². The zero-order chi connectivity index (χ0) is 14.8. The highest BCUT2D eigenvalue weighted by Crippen LogP contribution is 2.66. The zero-order valence-electron chi connectivity index (χ0n) is 11.3. The lowest BCUT2D eigenvalue weighted by molar-refractivity contribution is -0.00485. The lowest BCUT2D eigenvalue weighted by Crippen LogP contribution is -2.30. The minimum absolute atomic E-state index is 0.140. The van der Waals surface area contributed by atoms with E-state index in [9.17, 15) is 15.3 Å². The van der Waals surface area contributed by atoms with E-state index in [0.717, 1.165) is 12.8 Å². The Morgan fingerprint density at radius 1 is 1.24 bits per heavy atom. The van der Waals surface area contributed by atoms with Crippen molar-refractivity contribution in [1.82, 2.24) is 19.5 Å². The Bertz CT molecular complexity index is 698. The summed E-state index contributed by atoms with van der Waals surface area (Å²) < 4.78 is 1.77. The predicted octanol–water partition coefficient (Wildman–Crippen LogP) is -0.926. The summed E-state index contributed by atoms with van der Waals surface area (Å²) in [6, 6.07) is -0.357. The Morgan fingerprint density at radius 3 is 2.67 bits per heavy atom. The van der Waals surface area contributed by atoms with Gasteiger partial charge in [-0.2, -0.15) is 0 Å². The van der Waals surface area contributed by atoms with Gasteiger partial charge in [0.15, 0.2) is 11.5 Å². The molecule has 0 saturated heterocycles. The summed E-state index contributed by atoms with van der Waals surface area (Å²) in [6.45, 7) is -0.140. The lowest BCUT2D eigenvalue weighted by Gasteiger charge is -2.25. The number of nitrogens with zero attached hydrogens (tertiary/aromatic N) is 4. The Morgan fingerprint density at radius 2 is 2.00 bits per heavy atom. The second-order valence-corrected chi connectivity index (χ2v) is 6.03. The predicted molar refractivity (Wildman–Crippen MR) is 73.0 cm³/mol. The number of aliphatic hydroxyl groups is 3. The third kappa shape index (κ3) is 1.52. The van der Waals surface area contributed by atoms with Crippen LogP contribution in [0.2, 0.25) is 0 Å². The fourth-order valence-electron chi connectivity index (χ4n) is 3.94. The highest BCUT2D eigenvalue weighted by molar-refractivity contribution is 5.81. The molecule has 2 heterocycles. The summed E-state index contributed by atoms with van der Waals surface area (Å²) in [4.78, 5) is 12.3. The van der Waals surface area contributed by atoms with Gasteiger partial charge in [-0.15, -0.1) is 0 Å². The first-order chi connectivity index (χ1) is 10.1. The number of rotatable bonds is 2. The number of hydrogen-bond donors (Lipinski definition) is 4. The molecule has 21 heavy (non-hydrogen) atoms. The maximum Gasteiger partial charge on any atom is 0.165 e. The van der Waals surface area contributed by atoms with E-state index in [2.05, 4.69) is 15.0 Å². The molecule has 2 aromatic heterocycles. The first-order valence-electron chi connectivity index (χ1n) is 7.00. The van der Waals surface area contributed by atoms with Crippen LogP contribution in [0.15, 0.2) is 12.7 Å². The van der Waals surface area contributed by atoms with Crippen LogP contribution in [-0.2, 0) is 0 Å². The SMILES string of the molecule is Nc1ncnc2c1ncn2[C@H]1[C@H](O)[C@H](O)[C@@H](CO)C12CC2. The average Bonchev–Trinajstić information content (AvgIpc) is 3.08. The molecule has 4 rings (SSSR count). The molecule has 2 aliphatic rings. The summed E-state index contributed by atoms with van der Waals surface area (Å²) in [7, 11) is 0. The normalized spacial score (nSPS) is 33.9. The van der Waals surface area contributed by atoms with E-state index in [1.165, 1.54) is 6.33 Å². The molecule has 5 N–H and O–H groups in total. The molecule has 0 radical (unpaired) electrons. The zero-order valence-corrected chi connectivity index (χ0v) is 11.3. The van der Waals surface area contributed by atoms with Crippen LogP contribution in [0.25, 0.3) is 11.2 Å². The fourth-order valence-corrected chi connectivity index (χ4v) is 3.94. The van der Waals surface area contributed by atoms with E-state index in [1.54, 1.807) is 10.9 Å². The second-order valence-electron chi connectivity index (χ2n) is 6.03. The van der Waals surface area contributed by atoms with Crippen molar-refractivity contribution in [2.24, 2.45) is 11.3 Å². The van der Waals surface area contributed by atoms with Crippen molar-refractivity contribution < 1.29 is 15.3 Å². The molecule has 0 aromatic carbocycles. The first-order valence-corrected chi connectivity index (χ1v) is 7.00. The number of fused-ring (bicyclic) bond motifs is 1. The topological polar surface area (TPSA) is 130 Å². The highest BCUT2D eigenvalue weighted by Gasteiger charge is 2.66. The molecular formula is C13H17N5O3. The van der Waals surface area contributed by atoms with Crippen LogP contribution in [0.5, 0.6) is 0 Å². The van der Waals surface area contributed by atoms with Gasteiger partial charge in [0.1, 0.15) is 17.9 Å². The maximum atomic E-state index is 10.5. The van der Waals surface area contributed by atoms with Gasteiger partial charge in [-0.3, -0.25) is 0 Å². The molecule has 2 aromatic rings. The number of nitrogens with two attached hydrogens (primary N) is 1. The lowest BCUT2D eigenvalue weighted by atomic mass is 9.90. The van der Waals surface area contributed by atoms with Crippen molar-refractivity contribution in [3.8, 4) is 0 Å². The molecule has 0 amide bonds. The molecule has 2 saturated carbocycles. The molecule has 0 unspecified atom stereocenters. The van der Waals surface area contributed by atoms with Crippen LogP contribution >= 0.6 is 0 Å². The van der Waals surface area contributed by atoms with Gasteiger partial charge >= 0.3 is 0 Å².